The maximum absolute atomic E-state index is 11.8. The number of hydrogen-bond acceptors (Lipinski definition) is 4. The second kappa shape index (κ2) is 4.87. The summed E-state index contributed by atoms with van der Waals surface area (Å²) in [5.41, 5.74) is 0. The molecule has 6 nitrogen and oxygen atoms in total. The molecule has 0 aromatic heterocycles. The minimum absolute atomic E-state index is 0.0152. The second-order valence-corrected chi connectivity index (χ2v) is 7.42. The van der Waals surface area contributed by atoms with E-state index in [2.05, 4.69) is 5.32 Å². The van der Waals surface area contributed by atoms with Gasteiger partial charge in [-0.3, -0.25) is 9.59 Å². The lowest BCUT2D eigenvalue weighted by Crippen LogP contribution is -2.35. The quantitative estimate of drug-likeness (QED) is 0.716. The fraction of sp³-hybridized carbons (Fsp3) is 0.818. The van der Waals surface area contributed by atoms with Crippen molar-refractivity contribution in [1.29, 1.82) is 0 Å². The van der Waals surface area contributed by atoms with Crippen molar-refractivity contribution in [2.45, 2.75) is 12.8 Å². The van der Waals surface area contributed by atoms with Crippen molar-refractivity contribution < 1.29 is 18.0 Å². The summed E-state index contributed by atoms with van der Waals surface area (Å²) < 4.78 is 22.5. The van der Waals surface area contributed by atoms with Crippen LogP contribution in [0.4, 0.5) is 0 Å². The molecule has 0 aromatic carbocycles. The van der Waals surface area contributed by atoms with Crippen LogP contribution in [-0.4, -0.2) is 56.8 Å². The fourth-order valence-electron chi connectivity index (χ4n) is 2.46. The van der Waals surface area contributed by atoms with E-state index < -0.39 is 9.84 Å². The van der Waals surface area contributed by atoms with Gasteiger partial charge in [-0.2, -0.15) is 0 Å². The number of rotatable bonds is 3. The molecule has 2 amide bonds. The highest BCUT2D eigenvalue weighted by molar-refractivity contribution is 7.91. The van der Waals surface area contributed by atoms with Crippen LogP contribution in [0.1, 0.15) is 12.8 Å². The minimum Gasteiger partial charge on any atom is -0.355 e. The molecule has 0 saturated carbocycles. The Balaban J connectivity index is 1.78. The number of nitrogens with one attached hydrogen (secondary N) is 1. The molecule has 2 rings (SSSR count). The third-order valence-corrected chi connectivity index (χ3v) is 5.44. The average molecular weight is 274 g/mol. The summed E-state index contributed by atoms with van der Waals surface area (Å²) in [5.74, 6) is -0.0421. The summed E-state index contributed by atoms with van der Waals surface area (Å²) in [4.78, 5) is 24.7. The number of likely N-dealkylation sites (tertiary alicyclic amines) is 1. The van der Waals surface area contributed by atoms with E-state index in [1.807, 2.05) is 0 Å². The predicted molar refractivity (Wildman–Crippen MR) is 65.5 cm³/mol. The number of hydrogen-bond donors (Lipinski definition) is 1. The van der Waals surface area contributed by atoms with Gasteiger partial charge in [0, 0.05) is 26.6 Å². The van der Waals surface area contributed by atoms with Crippen LogP contribution in [0, 0.1) is 11.8 Å². The normalized spacial score (nSPS) is 30.7. The second-order valence-electron chi connectivity index (χ2n) is 5.19. The molecule has 102 valence electrons. The van der Waals surface area contributed by atoms with Gasteiger partial charge >= 0.3 is 0 Å². The highest BCUT2D eigenvalue weighted by atomic mass is 32.2. The smallest absolute Gasteiger partial charge is 0.225 e. The summed E-state index contributed by atoms with van der Waals surface area (Å²) in [6, 6.07) is 0. The van der Waals surface area contributed by atoms with E-state index in [1.54, 1.807) is 11.9 Å². The Bertz CT molecular complexity index is 460. The van der Waals surface area contributed by atoms with Crippen molar-refractivity contribution >= 4 is 21.7 Å². The summed E-state index contributed by atoms with van der Waals surface area (Å²) in [7, 11) is -1.21. The molecule has 0 aromatic rings. The zero-order valence-electron chi connectivity index (χ0n) is 10.4. The molecular weight excluding hydrogens is 256 g/mol. The Morgan fingerprint density at radius 2 is 2.22 bits per heavy atom. The fourth-order valence-corrected chi connectivity index (χ4v) is 4.32. The summed E-state index contributed by atoms with van der Waals surface area (Å²) in [6.07, 6.45) is 0.872. The first-order chi connectivity index (χ1) is 8.37. The molecule has 2 fully saturated rings. The van der Waals surface area contributed by atoms with Crippen molar-refractivity contribution in [3.8, 4) is 0 Å². The van der Waals surface area contributed by atoms with Crippen LogP contribution in [0.5, 0.6) is 0 Å². The van der Waals surface area contributed by atoms with Crippen LogP contribution in [0.3, 0.4) is 0 Å². The molecule has 0 unspecified atom stereocenters. The Hall–Kier alpha value is -1.11. The van der Waals surface area contributed by atoms with Gasteiger partial charge in [-0.1, -0.05) is 0 Å². The van der Waals surface area contributed by atoms with Crippen molar-refractivity contribution in [3.05, 3.63) is 0 Å². The average Bonchev–Trinajstić information content (AvgIpc) is 2.80. The van der Waals surface area contributed by atoms with Gasteiger partial charge in [0.25, 0.3) is 0 Å². The molecule has 2 heterocycles. The SMILES string of the molecule is CN1C[C@H](C(=O)NC[C@H]2CCS(=O)(=O)C2)CC1=O. The Morgan fingerprint density at radius 1 is 1.50 bits per heavy atom. The van der Waals surface area contributed by atoms with Crippen LogP contribution in [-0.2, 0) is 19.4 Å². The largest absolute Gasteiger partial charge is 0.355 e. The van der Waals surface area contributed by atoms with E-state index >= 15 is 0 Å². The van der Waals surface area contributed by atoms with Crippen molar-refractivity contribution in [2.24, 2.45) is 11.8 Å². The molecule has 2 saturated heterocycles. The Morgan fingerprint density at radius 3 is 2.72 bits per heavy atom. The maximum atomic E-state index is 11.8. The van der Waals surface area contributed by atoms with Crippen molar-refractivity contribution in [1.82, 2.24) is 10.2 Å². The van der Waals surface area contributed by atoms with Gasteiger partial charge in [0.1, 0.15) is 0 Å². The van der Waals surface area contributed by atoms with Gasteiger partial charge in [0.15, 0.2) is 9.84 Å². The van der Waals surface area contributed by atoms with Gasteiger partial charge in [-0.05, 0) is 12.3 Å². The van der Waals surface area contributed by atoms with E-state index in [-0.39, 0.29) is 41.6 Å². The van der Waals surface area contributed by atoms with Crippen molar-refractivity contribution in [2.75, 3.05) is 31.6 Å². The topological polar surface area (TPSA) is 83.6 Å². The molecule has 18 heavy (non-hydrogen) atoms. The van der Waals surface area contributed by atoms with Crippen LogP contribution >= 0.6 is 0 Å². The van der Waals surface area contributed by atoms with Crippen LogP contribution < -0.4 is 5.32 Å². The molecule has 1 N–H and O–H groups in total. The highest BCUT2D eigenvalue weighted by Gasteiger charge is 2.33. The zero-order valence-corrected chi connectivity index (χ0v) is 11.2. The molecule has 2 atom stereocenters. The molecule has 7 heteroatoms. The first-order valence-corrected chi connectivity index (χ1v) is 7.91. The molecule has 0 spiro atoms. The molecule has 2 aliphatic heterocycles. The number of carbonyl (C=O) groups is 2. The monoisotopic (exact) mass is 274 g/mol. The summed E-state index contributed by atoms with van der Waals surface area (Å²) in [6.45, 7) is 0.847. The first-order valence-electron chi connectivity index (χ1n) is 6.09. The van der Waals surface area contributed by atoms with Gasteiger partial charge in [-0.25, -0.2) is 8.42 Å². The highest BCUT2D eigenvalue weighted by Crippen LogP contribution is 2.19. The van der Waals surface area contributed by atoms with Crippen LogP contribution in [0.15, 0.2) is 0 Å². The van der Waals surface area contributed by atoms with E-state index in [1.165, 1.54) is 0 Å². The predicted octanol–water partition coefficient (Wildman–Crippen LogP) is -0.984. The van der Waals surface area contributed by atoms with Crippen molar-refractivity contribution in [3.63, 3.8) is 0 Å². The first kappa shape index (κ1) is 13.3. The van der Waals surface area contributed by atoms with Crippen LogP contribution in [0.2, 0.25) is 0 Å². The lowest BCUT2D eigenvalue weighted by molar-refractivity contribution is -0.128. The number of sulfone groups is 1. The molecule has 0 bridgehead atoms. The van der Waals surface area contributed by atoms with Gasteiger partial charge < -0.3 is 10.2 Å². The third kappa shape index (κ3) is 3.01. The number of carbonyl (C=O) groups excluding carboxylic acids is 2. The van der Waals surface area contributed by atoms with E-state index in [9.17, 15) is 18.0 Å². The van der Waals surface area contributed by atoms with E-state index in [4.69, 9.17) is 0 Å². The minimum atomic E-state index is -2.89. The zero-order chi connectivity index (χ0) is 13.3. The molecular formula is C11H18N2O4S. The van der Waals surface area contributed by atoms with Gasteiger partial charge in [0.05, 0.1) is 17.4 Å². The molecule has 0 aliphatic carbocycles. The standard InChI is InChI=1S/C11H18N2O4S/c1-13-6-9(4-10(13)14)11(15)12-5-8-2-3-18(16,17)7-8/h8-9H,2-7H2,1H3,(H,12,15)/t8-,9-/m1/s1. The maximum Gasteiger partial charge on any atom is 0.225 e. The number of amides is 2. The lowest BCUT2D eigenvalue weighted by Gasteiger charge is -2.13. The van der Waals surface area contributed by atoms with Crippen LogP contribution in [0.25, 0.3) is 0 Å². The summed E-state index contributed by atoms with van der Waals surface area (Å²) >= 11 is 0. The van der Waals surface area contributed by atoms with Gasteiger partial charge in [-0.15, -0.1) is 0 Å². The third-order valence-electron chi connectivity index (χ3n) is 3.60. The summed E-state index contributed by atoms with van der Waals surface area (Å²) in [5, 5.41) is 2.76. The Kier molecular flexibility index (Phi) is 3.61. The lowest BCUT2D eigenvalue weighted by atomic mass is 10.1. The van der Waals surface area contributed by atoms with E-state index in [0.29, 0.717) is 19.5 Å². The molecule has 0 radical (unpaired) electrons. The molecule has 2 aliphatic rings. The Labute approximate surface area is 107 Å². The van der Waals surface area contributed by atoms with E-state index in [0.717, 1.165) is 0 Å². The number of nitrogens with zero attached hydrogens (tertiary/aromatic N) is 1. The van der Waals surface area contributed by atoms with Gasteiger partial charge in [0.2, 0.25) is 11.8 Å².